The predicted molar refractivity (Wildman–Crippen MR) is 66.2 cm³/mol. The molecule has 0 radical (unpaired) electrons. The summed E-state index contributed by atoms with van der Waals surface area (Å²) < 4.78 is 5.06. The molecule has 0 aliphatic carbocycles. The van der Waals surface area contributed by atoms with Crippen molar-refractivity contribution in [2.24, 2.45) is 0 Å². The summed E-state index contributed by atoms with van der Waals surface area (Å²) >= 11 is 0. The normalized spacial score (nSPS) is 10.4. The average Bonchev–Trinajstić information content (AvgIpc) is 2.84. The van der Waals surface area contributed by atoms with Crippen LogP contribution in [0.5, 0.6) is 0 Å². The van der Waals surface area contributed by atoms with E-state index in [2.05, 4.69) is 15.5 Å². The molecule has 0 aliphatic heterocycles. The van der Waals surface area contributed by atoms with E-state index in [1.54, 1.807) is 30.6 Å². The van der Waals surface area contributed by atoms with Crippen molar-refractivity contribution in [3.05, 3.63) is 54.5 Å². The summed E-state index contributed by atoms with van der Waals surface area (Å²) in [5.74, 6) is -0.312. The fourth-order valence-electron chi connectivity index (χ4n) is 1.66. The molecule has 0 fully saturated rings. The molecule has 0 unspecified atom stereocenters. The molecule has 0 saturated carbocycles. The first-order valence-electron chi connectivity index (χ1n) is 5.40. The Morgan fingerprint density at radius 3 is 2.83 bits per heavy atom. The number of benzene rings is 1. The second-order valence-electron chi connectivity index (χ2n) is 3.72. The summed E-state index contributed by atoms with van der Waals surface area (Å²) in [6.07, 6.45) is 3.15. The lowest BCUT2D eigenvalue weighted by Gasteiger charge is -2.01. The van der Waals surface area contributed by atoms with Crippen molar-refractivity contribution in [1.29, 1.82) is 0 Å². The van der Waals surface area contributed by atoms with Crippen molar-refractivity contribution in [2.75, 3.05) is 5.32 Å². The molecular formula is C13H9N3O2. The van der Waals surface area contributed by atoms with E-state index < -0.39 is 0 Å². The molecule has 88 valence electrons. The highest BCUT2D eigenvalue weighted by Crippen LogP contribution is 2.17. The highest BCUT2D eigenvalue weighted by molar-refractivity contribution is 6.10. The molecule has 18 heavy (non-hydrogen) atoms. The Kier molecular flexibility index (Phi) is 2.49. The van der Waals surface area contributed by atoms with Crippen LogP contribution >= 0.6 is 0 Å². The molecule has 0 bridgehead atoms. The number of carbonyl (C=O) groups is 1. The molecule has 0 atom stereocenters. The van der Waals surface area contributed by atoms with Crippen molar-refractivity contribution in [3.8, 4) is 0 Å². The zero-order valence-corrected chi connectivity index (χ0v) is 9.33. The van der Waals surface area contributed by atoms with Crippen LogP contribution in [-0.4, -0.2) is 16.0 Å². The van der Waals surface area contributed by atoms with Gasteiger partial charge in [0, 0.05) is 24.1 Å². The van der Waals surface area contributed by atoms with Crippen LogP contribution in [0.1, 0.15) is 10.5 Å². The largest absolute Gasteiger partial charge is 0.355 e. The van der Waals surface area contributed by atoms with E-state index in [0.29, 0.717) is 16.7 Å². The van der Waals surface area contributed by atoms with Gasteiger partial charge >= 0.3 is 0 Å². The molecule has 1 N–H and O–H groups in total. The summed E-state index contributed by atoms with van der Waals surface area (Å²) in [4.78, 5) is 16.0. The van der Waals surface area contributed by atoms with Gasteiger partial charge in [-0.05, 0) is 12.1 Å². The lowest BCUT2D eigenvalue weighted by atomic mass is 10.2. The van der Waals surface area contributed by atoms with Gasteiger partial charge in [0.25, 0.3) is 5.91 Å². The van der Waals surface area contributed by atoms with Gasteiger partial charge in [-0.2, -0.15) is 0 Å². The first kappa shape index (κ1) is 10.5. The van der Waals surface area contributed by atoms with E-state index in [-0.39, 0.29) is 11.6 Å². The van der Waals surface area contributed by atoms with Gasteiger partial charge in [-0.1, -0.05) is 23.4 Å². The quantitative estimate of drug-likeness (QED) is 0.745. The van der Waals surface area contributed by atoms with Crippen LogP contribution in [0.25, 0.3) is 11.0 Å². The van der Waals surface area contributed by atoms with Crippen LogP contribution < -0.4 is 5.32 Å². The minimum Gasteiger partial charge on any atom is -0.355 e. The maximum atomic E-state index is 12.0. The second-order valence-corrected chi connectivity index (χ2v) is 3.72. The Balaban J connectivity index is 1.93. The first-order valence-corrected chi connectivity index (χ1v) is 5.40. The average molecular weight is 239 g/mol. The first-order chi connectivity index (χ1) is 8.84. The number of aromatic nitrogens is 2. The van der Waals surface area contributed by atoms with E-state index in [9.17, 15) is 4.79 Å². The Hall–Kier alpha value is -2.69. The minimum atomic E-state index is -0.312. The van der Waals surface area contributed by atoms with Gasteiger partial charge in [-0.15, -0.1) is 0 Å². The van der Waals surface area contributed by atoms with Crippen molar-refractivity contribution < 1.29 is 9.32 Å². The van der Waals surface area contributed by atoms with Gasteiger partial charge in [0.15, 0.2) is 11.3 Å². The van der Waals surface area contributed by atoms with Gasteiger partial charge in [0.05, 0.1) is 5.39 Å². The molecular weight excluding hydrogens is 230 g/mol. The number of pyridine rings is 1. The van der Waals surface area contributed by atoms with Crippen molar-refractivity contribution in [3.63, 3.8) is 0 Å². The number of para-hydroxylation sites is 1. The number of hydrogen-bond acceptors (Lipinski definition) is 4. The molecule has 3 aromatic rings. The molecule has 2 heterocycles. The van der Waals surface area contributed by atoms with Crippen molar-refractivity contribution >= 4 is 22.6 Å². The molecule has 5 nitrogen and oxygen atoms in total. The zero-order valence-electron chi connectivity index (χ0n) is 9.33. The van der Waals surface area contributed by atoms with Crippen molar-refractivity contribution in [1.82, 2.24) is 10.1 Å². The summed E-state index contributed by atoms with van der Waals surface area (Å²) in [7, 11) is 0. The molecule has 0 spiro atoms. The van der Waals surface area contributed by atoms with Gasteiger partial charge in [0.2, 0.25) is 0 Å². The Bertz CT molecular complexity index is 692. The molecule has 1 amide bonds. The summed E-state index contributed by atoms with van der Waals surface area (Å²) in [6.45, 7) is 0. The number of nitrogens with one attached hydrogen (secondary N) is 1. The standard InChI is InChI=1S/C13H9N3O2/c17-13(15-9-4-2-1-3-5-9)12-10-8-14-7-6-11(10)18-16-12/h1-8H,(H,15,17). The smallest absolute Gasteiger partial charge is 0.278 e. The van der Waals surface area contributed by atoms with Gasteiger partial charge in [-0.3, -0.25) is 9.78 Å². The second kappa shape index (κ2) is 4.29. The summed E-state index contributed by atoms with van der Waals surface area (Å²) in [6, 6.07) is 10.8. The lowest BCUT2D eigenvalue weighted by molar-refractivity contribution is 0.102. The van der Waals surface area contributed by atoms with Crippen LogP contribution in [0.15, 0.2) is 53.3 Å². The maximum Gasteiger partial charge on any atom is 0.278 e. The molecule has 0 aliphatic rings. The molecule has 3 rings (SSSR count). The number of amides is 1. The molecule has 2 aromatic heterocycles. The zero-order chi connectivity index (χ0) is 12.4. The fraction of sp³-hybridized carbons (Fsp3) is 0. The Labute approximate surface area is 102 Å². The number of anilines is 1. The number of rotatable bonds is 2. The maximum absolute atomic E-state index is 12.0. The summed E-state index contributed by atoms with van der Waals surface area (Å²) in [5.41, 5.74) is 1.49. The molecule has 5 heteroatoms. The number of fused-ring (bicyclic) bond motifs is 1. The minimum absolute atomic E-state index is 0.238. The van der Waals surface area contributed by atoms with Crippen LogP contribution in [0, 0.1) is 0 Å². The third-order valence-electron chi connectivity index (χ3n) is 2.52. The SMILES string of the molecule is O=C(Nc1ccccc1)c1noc2ccncc12. The third-order valence-corrected chi connectivity index (χ3v) is 2.52. The topological polar surface area (TPSA) is 68.0 Å². The van der Waals surface area contributed by atoms with E-state index in [1.165, 1.54) is 0 Å². The van der Waals surface area contributed by atoms with E-state index in [0.717, 1.165) is 0 Å². The highest BCUT2D eigenvalue weighted by Gasteiger charge is 2.15. The van der Waals surface area contributed by atoms with Crippen LogP contribution in [0.3, 0.4) is 0 Å². The Morgan fingerprint density at radius 2 is 2.00 bits per heavy atom. The number of carbonyl (C=O) groups excluding carboxylic acids is 1. The Morgan fingerprint density at radius 1 is 1.17 bits per heavy atom. The highest BCUT2D eigenvalue weighted by atomic mass is 16.5. The lowest BCUT2D eigenvalue weighted by Crippen LogP contribution is -2.12. The number of hydrogen-bond donors (Lipinski definition) is 1. The van der Waals surface area contributed by atoms with Gasteiger partial charge in [0.1, 0.15) is 0 Å². The van der Waals surface area contributed by atoms with E-state index in [4.69, 9.17) is 4.52 Å². The van der Waals surface area contributed by atoms with Gasteiger partial charge < -0.3 is 9.84 Å². The molecule has 1 aromatic carbocycles. The fourth-order valence-corrected chi connectivity index (χ4v) is 1.66. The van der Waals surface area contributed by atoms with Crippen molar-refractivity contribution in [2.45, 2.75) is 0 Å². The van der Waals surface area contributed by atoms with Crippen LogP contribution in [0.4, 0.5) is 5.69 Å². The predicted octanol–water partition coefficient (Wildman–Crippen LogP) is 2.48. The third kappa shape index (κ3) is 1.82. The monoisotopic (exact) mass is 239 g/mol. The number of nitrogens with zero attached hydrogens (tertiary/aromatic N) is 2. The summed E-state index contributed by atoms with van der Waals surface area (Å²) in [5, 5.41) is 7.11. The molecule has 0 saturated heterocycles. The van der Waals surface area contributed by atoms with Crippen LogP contribution in [0.2, 0.25) is 0 Å². The van der Waals surface area contributed by atoms with E-state index in [1.807, 2.05) is 18.2 Å². The van der Waals surface area contributed by atoms with Gasteiger partial charge in [-0.25, -0.2) is 0 Å². The van der Waals surface area contributed by atoms with E-state index >= 15 is 0 Å². The van der Waals surface area contributed by atoms with Crippen LogP contribution in [-0.2, 0) is 0 Å².